The van der Waals surface area contributed by atoms with E-state index in [0.717, 1.165) is 31.5 Å². The van der Waals surface area contributed by atoms with Crippen molar-refractivity contribution in [3.05, 3.63) is 42.1 Å². The molecule has 2 aromatic rings. The van der Waals surface area contributed by atoms with Crippen LogP contribution in [0.15, 0.2) is 40.9 Å². The van der Waals surface area contributed by atoms with E-state index in [4.69, 9.17) is 9.26 Å². The van der Waals surface area contributed by atoms with E-state index in [-0.39, 0.29) is 24.8 Å². The molecule has 1 aromatic carbocycles. The van der Waals surface area contributed by atoms with Crippen LogP contribution in [0.5, 0.6) is 0 Å². The Kier molecular flexibility index (Phi) is 5.24. The molecule has 1 atom stereocenters. The predicted octanol–water partition coefficient (Wildman–Crippen LogP) is 1.64. The van der Waals surface area contributed by atoms with E-state index in [1.807, 2.05) is 30.3 Å². The molecule has 2 fully saturated rings. The highest BCUT2D eigenvalue weighted by molar-refractivity contribution is 5.93. The van der Waals surface area contributed by atoms with Crippen LogP contribution in [-0.2, 0) is 4.74 Å². The number of aliphatic hydroxyl groups is 1. The van der Waals surface area contributed by atoms with Crippen molar-refractivity contribution < 1.29 is 19.2 Å². The van der Waals surface area contributed by atoms with E-state index in [9.17, 15) is 9.90 Å². The van der Waals surface area contributed by atoms with Gasteiger partial charge in [0.15, 0.2) is 11.5 Å². The van der Waals surface area contributed by atoms with Gasteiger partial charge in [0.2, 0.25) is 0 Å². The number of hydrogen-bond acceptors (Lipinski definition) is 6. The number of aromatic nitrogens is 1. The number of likely N-dealkylation sites (tertiary alicyclic amines) is 1. The van der Waals surface area contributed by atoms with Gasteiger partial charge in [-0.1, -0.05) is 35.5 Å². The summed E-state index contributed by atoms with van der Waals surface area (Å²) in [7, 11) is 0. The van der Waals surface area contributed by atoms with Gasteiger partial charge in [-0.25, -0.2) is 0 Å². The molecule has 3 heterocycles. The second-order valence-electron chi connectivity index (χ2n) is 7.43. The Labute approximate surface area is 158 Å². The van der Waals surface area contributed by atoms with Gasteiger partial charge in [-0.2, -0.15) is 0 Å². The minimum Gasteiger partial charge on any atom is -0.384 e. The van der Waals surface area contributed by atoms with Gasteiger partial charge < -0.3 is 24.2 Å². The number of ether oxygens (including phenoxy) is 1. The molecule has 2 saturated heterocycles. The Bertz CT molecular complexity index is 773. The van der Waals surface area contributed by atoms with E-state index in [2.05, 4.69) is 10.1 Å². The molecule has 0 spiro atoms. The highest BCUT2D eigenvalue weighted by atomic mass is 16.5. The molecule has 27 heavy (non-hydrogen) atoms. The normalized spacial score (nSPS) is 24.1. The number of nitrogens with zero attached hydrogens (tertiary/aromatic N) is 3. The lowest BCUT2D eigenvalue weighted by Gasteiger charge is -2.33. The monoisotopic (exact) mass is 371 g/mol. The van der Waals surface area contributed by atoms with Crippen molar-refractivity contribution in [2.45, 2.75) is 18.4 Å². The first-order chi connectivity index (χ1) is 13.1. The number of hydrogen-bond donors (Lipinski definition) is 1. The fourth-order valence-corrected chi connectivity index (χ4v) is 3.82. The molecule has 1 amide bonds. The molecule has 0 radical (unpaired) electrons. The van der Waals surface area contributed by atoms with Gasteiger partial charge in [-0.15, -0.1) is 0 Å². The topological polar surface area (TPSA) is 79.0 Å². The van der Waals surface area contributed by atoms with Crippen LogP contribution < -0.4 is 0 Å². The van der Waals surface area contributed by atoms with Crippen molar-refractivity contribution in [2.24, 2.45) is 0 Å². The van der Waals surface area contributed by atoms with E-state index in [1.165, 1.54) is 0 Å². The third kappa shape index (κ3) is 4.21. The molecule has 0 saturated carbocycles. The van der Waals surface area contributed by atoms with Crippen molar-refractivity contribution in [3.63, 3.8) is 0 Å². The minimum absolute atomic E-state index is 0.232. The second-order valence-corrected chi connectivity index (χ2v) is 7.43. The number of amides is 1. The van der Waals surface area contributed by atoms with Crippen molar-refractivity contribution in [1.82, 2.24) is 15.0 Å². The lowest BCUT2D eigenvalue weighted by Crippen LogP contribution is -2.53. The molecule has 7 nitrogen and oxygen atoms in total. The minimum atomic E-state index is -1.07. The third-order valence-corrected chi connectivity index (χ3v) is 5.15. The van der Waals surface area contributed by atoms with Gasteiger partial charge in [-0.05, 0) is 25.9 Å². The smallest absolute Gasteiger partial charge is 0.276 e. The Balaban J connectivity index is 1.48. The summed E-state index contributed by atoms with van der Waals surface area (Å²) < 4.78 is 11.0. The van der Waals surface area contributed by atoms with Crippen molar-refractivity contribution in [2.75, 3.05) is 45.9 Å². The first kappa shape index (κ1) is 18.2. The van der Waals surface area contributed by atoms with Gasteiger partial charge in [0.1, 0.15) is 5.60 Å². The number of carbonyl (C=O) groups excluding carboxylic acids is 1. The average molecular weight is 371 g/mol. The Hall–Kier alpha value is -2.22. The molecule has 4 rings (SSSR count). The van der Waals surface area contributed by atoms with Crippen LogP contribution in [-0.4, -0.2) is 77.5 Å². The first-order valence-corrected chi connectivity index (χ1v) is 9.47. The van der Waals surface area contributed by atoms with E-state index < -0.39 is 5.60 Å². The summed E-state index contributed by atoms with van der Waals surface area (Å²) in [5.41, 5.74) is 0.0516. The zero-order valence-electron chi connectivity index (χ0n) is 15.3. The lowest BCUT2D eigenvalue weighted by atomic mass is 10.0. The van der Waals surface area contributed by atoms with E-state index >= 15 is 0 Å². The molecule has 1 aromatic heterocycles. The predicted molar refractivity (Wildman–Crippen MR) is 99.3 cm³/mol. The largest absolute Gasteiger partial charge is 0.384 e. The molecule has 2 aliphatic heterocycles. The zero-order chi connectivity index (χ0) is 18.7. The van der Waals surface area contributed by atoms with Crippen LogP contribution in [0.4, 0.5) is 0 Å². The maximum atomic E-state index is 12.9. The molecular formula is C20H25N3O4. The van der Waals surface area contributed by atoms with Gasteiger partial charge in [-0.3, -0.25) is 4.79 Å². The molecule has 2 aliphatic rings. The fourth-order valence-electron chi connectivity index (χ4n) is 3.82. The molecule has 7 heteroatoms. The summed E-state index contributed by atoms with van der Waals surface area (Å²) in [5, 5.41) is 15.0. The SMILES string of the molecule is O=C(c1cc(-c2ccccc2)on1)N1CCOCC(O)(CN2CCCC2)C1. The molecule has 144 valence electrons. The highest BCUT2D eigenvalue weighted by Crippen LogP contribution is 2.22. The van der Waals surface area contributed by atoms with Crippen molar-refractivity contribution in [1.29, 1.82) is 0 Å². The maximum Gasteiger partial charge on any atom is 0.276 e. The summed E-state index contributed by atoms with van der Waals surface area (Å²) in [6.45, 7) is 3.79. The highest BCUT2D eigenvalue weighted by Gasteiger charge is 2.37. The van der Waals surface area contributed by atoms with Crippen LogP contribution >= 0.6 is 0 Å². The van der Waals surface area contributed by atoms with Crippen LogP contribution in [0.3, 0.4) is 0 Å². The third-order valence-electron chi connectivity index (χ3n) is 5.15. The van der Waals surface area contributed by atoms with Crippen molar-refractivity contribution >= 4 is 5.91 Å². The number of benzene rings is 1. The Morgan fingerprint density at radius 3 is 2.74 bits per heavy atom. The average Bonchev–Trinajstić information content (AvgIpc) is 3.33. The number of β-amino-alcohol motifs (C(OH)–C–C–N with tert-alkyl or cyclic N) is 1. The molecule has 0 bridgehead atoms. The maximum absolute atomic E-state index is 12.9. The molecule has 0 aliphatic carbocycles. The summed E-state index contributed by atoms with van der Waals surface area (Å²) in [6.07, 6.45) is 2.31. The van der Waals surface area contributed by atoms with Crippen LogP contribution in [0.2, 0.25) is 0 Å². The summed E-state index contributed by atoms with van der Waals surface area (Å²) >= 11 is 0. The fraction of sp³-hybridized carbons (Fsp3) is 0.500. The van der Waals surface area contributed by atoms with Gasteiger partial charge in [0, 0.05) is 24.7 Å². The molecule has 1 N–H and O–H groups in total. The van der Waals surface area contributed by atoms with Gasteiger partial charge >= 0.3 is 0 Å². The second kappa shape index (κ2) is 7.80. The Morgan fingerprint density at radius 2 is 1.96 bits per heavy atom. The van der Waals surface area contributed by atoms with E-state index in [0.29, 0.717) is 25.5 Å². The summed E-state index contributed by atoms with van der Waals surface area (Å²) in [4.78, 5) is 16.8. The van der Waals surface area contributed by atoms with Gasteiger partial charge in [0.25, 0.3) is 5.91 Å². The van der Waals surface area contributed by atoms with Crippen LogP contribution in [0, 0.1) is 0 Å². The number of rotatable bonds is 4. The van der Waals surface area contributed by atoms with Crippen LogP contribution in [0.25, 0.3) is 11.3 Å². The van der Waals surface area contributed by atoms with Gasteiger partial charge in [0.05, 0.1) is 19.8 Å². The number of carbonyl (C=O) groups is 1. The van der Waals surface area contributed by atoms with Crippen LogP contribution in [0.1, 0.15) is 23.3 Å². The zero-order valence-corrected chi connectivity index (χ0v) is 15.3. The standard InChI is InChI=1S/C20H25N3O4/c24-19(17-12-18(27-21-17)16-6-2-1-3-7-16)23-10-11-26-15-20(25,14-23)13-22-8-4-5-9-22/h1-3,6-7,12,25H,4-5,8-11,13-15H2. The van der Waals surface area contributed by atoms with Crippen molar-refractivity contribution in [3.8, 4) is 11.3 Å². The Morgan fingerprint density at radius 1 is 1.19 bits per heavy atom. The quantitative estimate of drug-likeness (QED) is 0.880. The van der Waals surface area contributed by atoms with E-state index in [1.54, 1.807) is 11.0 Å². The molecular weight excluding hydrogens is 346 g/mol. The molecule has 1 unspecified atom stereocenters. The summed E-state index contributed by atoms with van der Waals surface area (Å²) in [6, 6.07) is 11.2. The lowest BCUT2D eigenvalue weighted by molar-refractivity contribution is -0.0524. The summed E-state index contributed by atoms with van der Waals surface area (Å²) in [5.74, 6) is 0.309. The first-order valence-electron chi connectivity index (χ1n) is 9.47.